The maximum Gasteiger partial charge on any atom is 0.285 e. The van der Waals surface area contributed by atoms with Crippen LogP contribution in [0.3, 0.4) is 0 Å². The van der Waals surface area contributed by atoms with E-state index in [4.69, 9.17) is 0 Å². The van der Waals surface area contributed by atoms with Crippen molar-refractivity contribution < 1.29 is 19.2 Å². The van der Waals surface area contributed by atoms with Gasteiger partial charge in [0, 0.05) is 18.7 Å². The molecule has 1 aromatic carbocycles. The summed E-state index contributed by atoms with van der Waals surface area (Å²) in [6, 6.07) is 1.91. The molecule has 2 N–H and O–H groups in total. The van der Waals surface area contributed by atoms with E-state index in [-0.39, 0.29) is 35.4 Å². The molecule has 0 atom stereocenters. The zero-order chi connectivity index (χ0) is 17.6. The molecule has 6 nitrogen and oxygen atoms in total. The smallest absolute Gasteiger partial charge is 0.285 e. The van der Waals surface area contributed by atoms with Crippen molar-refractivity contribution in [2.24, 2.45) is 5.41 Å². The fourth-order valence-corrected chi connectivity index (χ4v) is 2.69. The normalized spacial score (nSPS) is 11.3. The number of aliphatic hydroxyl groups is 1. The average molecular weight is 326 g/mol. The van der Waals surface area contributed by atoms with E-state index in [0.717, 1.165) is 25.0 Å². The van der Waals surface area contributed by atoms with Gasteiger partial charge in [0.2, 0.25) is 0 Å². The molecule has 0 heterocycles. The Bertz CT molecular complexity index is 586. The summed E-state index contributed by atoms with van der Waals surface area (Å²) in [6.45, 7) is 5.58. The quantitative estimate of drug-likeness (QED) is 0.567. The molecule has 0 aromatic heterocycles. The molecule has 7 heteroatoms. The van der Waals surface area contributed by atoms with Crippen LogP contribution in [0.15, 0.2) is 12.1 Å². The first kappa shape index (κ1) is 19.0. The van der Waals surface area contributed by atoms with Crippen molar-refractivity contribution in [1.29, 1.82) is 0 Å². The van der Waals surface area contributed by atoms with Gasteiger partial charge < -0.3 is 10.4 Å². The van der Waals surface area contributed by atoms with Crippen LogP contribution in [-0.4, -0.2) is 29.1 Å². The lowest BCUT2D eigenvalue weighted by molar-refractivity contribution is -0.385. The van der Waals surface area contributed by atoms with E-state index < -0.39 is 16.6 Å². The lowest BCUT2D eigenvalue weighted by Gasteiger charge is -2.31. The molecule has 0 bridgehead atoms. The summed E-state index contributed by atoms with van der Waals surface area (Å²) in [6.07, 6.45) is 2.01. The highest BCUT2D eigenvalue weighted by Crippen LogP contribution is 2.30. The van der Waals surface area contributed by atoms with Crippen molar-refractivity contribution >= 4 is 11.6 Å². The largest absolute Gasteiger partial charge is 0.396 e. The highest BCUT2D eigenvalue weighted by molar-refractivity contribution is 5.98. The topological polar surface area (TPSA) is 92.5 Å². The van der Waals surface area contributed by atoms with Crippen molar-refractivity contribution in [1.82, 2.24) is 5.32 Å². The fraction of sp³-hybridized carbons (Fsp3) is 0.562. The van der Waals surface area contributed by atoms with Gasteiger partial charge in [-0.2, -0.15) is 0 Å². The van der Waals surface area contributed by atoms with Crippen LogP contribution in [0.5, 0.6) is 0 Å². The first-order valence-electron chi connectivity index (χ1n) is 7.63. The lowest BCUT2D eigenvalue weighted by Crippen LogP contribution is -2.38. The number of hydrogen-bond donors (Lipinski definition) is 2. The Morgan fingerprint density at radius 1 is 1.39 bits per heavy atom. The Morgan fingerprint density at radius 2 is 2.00 bits per heavy atom. The summed E-state index contributed by atoms with van der Waals surface area (Å²) in [5.41, 5.74) is -0.836. The number of aryl methyl sites for hydroxylation is 1. The predicted octanol–water partition coefficient (Wildman–Crippen LogP) is 2.96. The standard InChI is InChI=1S/C16H23FN2O4/c1-4-16(5-2,6-7-20)10-18-15(21)13-9-12(17)8-11(3)14(13)19(22)23/h8-9,20H,4-7,10H2,1-3H3,(H,18,21). The summed E-state index contributed by atoms with van der Waals surface area (Å²) >= 11 is 0. The molecule has 0 aliphatic heterocycles. The van der Waals surface area contributed by atoms with E-state index in [9.17, 15) is 24.4 Å². The molecule has 1 aromatic rings. The molecule has 0 spiro atoms. The molecule has 0 saturated carbocycles. The molecule has 0 unspecified atom stereocenters. The van der Waals surface area contributed by atoms with Crippen LogP contribution < -0.4 is 5.32 Å². The van der Waals surface area contributed by atoms with E-state index in [1.54, 1.807) is 0 Å². The van der Waals surface area contributed by atoms with Crippen LogP contribution in [0.2, 0.25) is 0 Å². The minimum atomic E-state index is -0.689. The molecule has 23 heavy (non-hydrogen) atoms. The van der Waals surface area contributed by atoms with Gasteiger partial charge in [-0.1, -0.05) is 13.8 Å². The summed E-state index contributed by atoms with van der Waals surface area (Å²) in [5, 5.41) is 23.0. The Hall–Kier alpha value is -2.02. The summed E-state index contributed by atoms with van der Waals surface area (Å²) < 4.78 is 13.5. The van der Waals surface area contributed by atoms with Gasteiger partial charge in [-0.15, -0.1) is 0 Å². The second-order valence-electron chi connectivity index (χ2n) is 5.74. The first-order valence-corrected chi connectivity index (χ1v) is 7.63. The number of amides is 1. The third-order valence-corrected chi connectivity index (χ3v) is 4.46. The van der Waals surface area contributed by atoms with Gasteiger partial charge in [0.05, 0.1) is 4.92 Å². The highest BCUT2D eigenvalue weighted by Gasteiger charge is 2.29. The summed E-state index contributed by atoms with van der Waals surface area (Å²) in [5.74, 6) is -1.37. The molecule has 0 fully saturated rings. The number of carbonyl (C=O) groups is 1. The van der Waals surface area contributed by atoms with Crippen LogP contribution in [0.4, 0.5) is 10.1 Å². The number of aliphatic hydroxyl groups excluding tert-OH is 1. The molecule has 0 saturated heterocycles. The van der Waals surface area contributed by atoms with Gasteiger partial charge in [0.15, 0.2) is 0 Å². The highest BCUT2D eigenvalue weighted by atomic mass is 19.1. The van der Waals surface area contributed by atoms with Gasteiger partial charge in [0.1, 0.15) is 11.4 Å². The number of nitrogens with one attached hydrogen (secondary N) is 1. The minimum Gasteiger partial charge on any atom is -0.396 e. The number of halogens is 1. The number of hydrogen-bond acceptors (Lipinski definition) is 4. The average Bonchev–Trinajstić information content (AvgIpc) is 2.50. The maximum atomic E-state index is 13.5. The zero-order valence-corrected chi connectivity index (χ0v) is 13.7. The van der Waals surface area contributed by atoms with Gasteiger partial charge >= 0.3 is 0 Å². The van der Waals surface area contributed by atoms with Crippen molar-refractivity contribution in [3.05, 3.63) is 39.2 Å². The summed E-state index contributed by atoms with van der Waals surface area (Å²) in [4.78, 5) is 22.8. The molecule has 128 valence electrons. The minimum absolute atomic E-state index is 0.00320. The lowest BCUT2D eigenvalue weighted by atomic mass is 9.79. The third-order valence-electron chi connectivity index (χ3n) is 4.46. The van der Waals surface area contributed by atoms with E-state index in [2.05, 4.69) is 5.32 Å². The number of nitrogens with zero attached hydrogens (tertiary/aromatic N) is 1. The van der Waals surface area contributed by atoms with Gasteiger partial charge in [-0.05, 0) is 43.7 Å². The predicted molar refractivity (Wildman–Crippen MR) is 84.8 cm³/mol. The van der Waals surface area contributed by atoms with Crippen molar-refractivity contribution in [3.63, 3.8) is 0 Å². The SMILES string of the molecule is CCC(CC)(CCO)CNC(=O)c1cc(F)cc(C)c1[N+](=O)[O-]. The van der Waals surface area contributed by atoms with Crippen LogP contribution in [0.1, 0.15) is 49.0 Å². The van der Waals surface area contributed by atoms with Crippen LogP contribution >= 0.6 is 0 Å². The van der Waals surface area contributed by atoms with Gasteiger partial charge in [0.25, 0.3) is 11.6 Å². The number of benzene rings is 1. The Morgan fingerprint density at radius 3 is 2.48 bits per heavy atom. The van der Waals surface area contributed by atoms with Crippen molar-refractivity contribution in [3.8, 4) is 0 Å². The number of nitro benzene ring substituents is 1. The van der Waals surface area contributed by atoms with Crippen LogP contribution in [0.25, 0.3) is 0 Å². The van der Waals surface area contributed by atoms with E-state index in [1.165, 1.54) is 6.92 Å². The molecule has 0 radical (unpaired) electrons. The monoisotopic (exact) mass is 326 g/mol. The maximum absolute atomic E-state index is 13.5. The van der Waals surface area contributed by atoms with Crippen LogP contribution in [0, 0.1) is 28.3 Å². The second-order valence-corrected chi connectivity index (χ2v) is 5.74. The van der Waals surface area contributed by atoms with Gasteiger partial charge in [-0.25, -0.2) is 4.39 Å². The number of carbonyl (C=O) groups excluding carboxylic acids is 1. The Balaban J connectivity index is 3.05. The molecule has 1 rings (SSSR count). The second kappa shape index (κ2) is 8.01. The van der Waals surface area contributed by atoms with Crippen LogP contribution in [-0.2, 0) is 0 Å². The first-order chi connectivity index (χ1) is 10.8. The number of nitro groups is 1. The van der Waals surface area contributed by atoms with E-state index in [0.29, 0.717) is 6.42 Å². The number of rotatable bonds is 8. The molecular formula is C16H23FN2O4. The fourth-order valence-electron chi connectivity index (χ4n) is 2.69. The molecule has 0 aliphatic carbocycles. The zero-order valence-electron chi connectivity index (χ0n) is 13.7. The van der Waals surface area contributed by atoms with Crippen molar-refractivity contribution in [2.75, 3.05) is 13.2 Å². The summed E-state index contributed by atoms with van der Waals surface area (Å²) in [7, 11) is 0. The molecule has 1 amide bonds. The Kier molecular flexibility index (Phi) is 6.62. The molecule has 0 aliphatic rings. The van der Waals surface area contributed by atoms with Gasteiger partial charge in [-0.3, -0.25) is 14.9 Å². The van der Waals surface area contributed by atoms with Crippen molar-refractivity contribution in [2.45, 2.75) is 40.0 Å². The molecular weight excluding hydrogens is 303 g/mol. The van der Waals surface area contributed by atoms with E-state index >= 15 is 0 Å². The van der Waals surface area contributed by atoms with E-state index in [1.807, 2.05) is 13.8 Å². The Labute approximate surface area is 134 Å². The third kappa shape index (κ3) is 4.48.